The highest BCUT2D eigenvalue weighted by atomic mass is 19.4. The monoisotopic (exact) mass is 281 g/mol. The first kappa shape index (κ1) is 14.6. The van der Waals surface area contributed by atoms with Crippen LogP contribution in [0.25, 0.3) is 0 Å². The van der Waals surface area contributed by atoms with Gasteiger partial charge < -0.3 is 9.84 Å². The minimum Gasteiger partial charge on any atom is -0.480 e. The summed E-state index contributed by atoms with van der Waals surface area (Å²) in [5, 5.41) is 9.25. The summed E-state index contributed by atoms with van der Waals surface area (Å²) in [4.78, 5) is 13.0. The quantitative estimate of drug-likeness (QED) is 0.780. The molecule has 1 saturated carbocycles. The van der Waals surface area contributed by atoms with Crippen molar-refractivity contribution in [3.63, 3.8) is 0 Å². The van der Waals surface area contributed by atoms with E-state index in [-0.39, 0.29) is 19.1 Å². The summed E-state index contributed by atoms with van der Waals surface area (Å²) in [6, 6.07) is -0.554. The SMILES string of the molecule is O=C(O)C1C2CCCC2CN1CCOCC(F)(F)F. The number of aliphatic carboxylic acids is 1. The van der Waals surface area contributed by atoms with Crippen molar-refractivity contribution in [2.45, 2.75) is 31.5 Å². The lowest BCUT2D eigenvalue weighted by Crippen LogP contribution is -2.41. The van der Waals surface area contributed by atoms with Crippen LogP contribution in [-0.4, -0.2) is 54.5 Å². The van der Waals surface area contributed by atoms with Crippen LogP contribution in [0.5, 0.6) is 0 Å². The van der Waals surface area contributed by atoms with E-state index in [4.69, 9.17) is 0 Å². The highest BCUT2D eigenvalue weighted by molar-refractivity contribution is 5.74. The molecule has 1 heterocycles. The molecule has 1 N–H and O–H groups in total. The molecule has 1 aliphatic carbocycles. The van der Waals surface area contributed by atoms with Gasteiger partial charge in [-0.05, 0) is 24.7 Å². The van der Waals surface area contributed by atoms with Crippen molar-refractivity contribution in [3.05, 3.63) is 0 Å². The molecule has 4 nitrogen and oxygen atoms in total. The molecule has 0 radical (unpaired) electrons. The lowest BCUT2D eigenvalue weighted by Gasteiger charge is -2.24. The Balaban J connectivity index is 1.81. The summed E-state index contributed by atoms with van der Waals surface area (Å²) in [6.07, 6.45) is -1.35. The number of hydrogen-bond donors (Lipinski definition) is 1. The Morgan fingerprint density at radius 2 is 2.11 bits per heavy atom. The van der Waals surface area contributed by atoms with Crippen molar-refractivity contribution in [1.82, 2.24) is 4.90 Å². The molecular weight excluding hydrogens is 263 g/mol. The molecule has 0 aromatic heterocycles. The second kappa shape index (κ2) is 5.66. The van der Waals surface area contributed by atoms with Crippen LogP contribution in [0.3, 0.4) is 0 Å². The molecular formula is C12H18F3NO3. The average Bonchev–Trinajstić information content (AvgIpc) is 2.81. The maximum Gasteiger partial charge on any atom is 0.411 e. The Morgan fingerprint density at radius 3 is 2.74 bits per heavy atom. The number of rotatable bonds is 5. The zero-order valence-electron chi connectivity index (χ0n) is 10.5. The Kier molecular flexibility index (Phi) is 4.35. The molecule has 2 rings (SSSR count). The standard InChI is InChI=1S/C12H18F3NO3/c13-12(14,15)7-19-5-4-16-6-8-2-1-3-9(8)10(16)11(17)18/h8-10H,1-7H2,(H,17,18). The fraction of sp³-hybridized carbons (Fsp3) is 0.917. The van der Waals surface area contributed by atoms with Crippen molar-refractivity contribution in [3.8, 4) is 0 Å². The minimum absolute atomic E-state index is 0.0806. The summed E-state index contributed by atoms with van der Waals surface area (Å²) in [7, 11) is 0. The topological polar surface area (TPSA) is 49.8 Å². The third kappa shape index (κ3) is 3.60. The number of alkyl halides is 3. The molecule has 2 fully saturated rings. The predicted octanol–water partition coefficient (Wildman–Crippen LogP) is 1.75. The van der Waals surface area contributed by atoms with Gasteiger partial charge in [-0.1, -0.05) is 6.42 Å². The van der Waals surface area contributed by atoms with Gasteiger partial charge in [-0.3, -0.25) is 9.69 Å². The Bertz CT molecular complexity index is 335. The van der Waals surface area contributed by atoms with E-state index in [0.29, 0.717) is 12.5 Å². The van der Waals surface area contributed by atoms with Gasteiger partial charge in [0.15, 0.2) is 0 Å². The fourth-order valence-corrected chi connectivity index (χ4v) is 3.33. The van der Waals surface area contributed by atoms with Gasteiger partial charge in [0.2, 0.25) is 0 Å². The van der Waals surface area contributed by atoms with Gasteiger partial charge in [-0.25, -0.2) is 0 Å². The van der Waals surface area contributed by atoms with Crippen molar-refractivity contribution in [1.29, 1.82) is 0 Å². The molecule has 19 heavy (non-hydrogen) atoms. The number of hydrogen-bond acceptors (Lipinski definition) is 3. The zero-order valence-corrected chi connectivity index (χ0v) is 10.5. The number of ether oxygens (including phenoxy) is 1. The van der Waals surface area contributed by atoms with E-state index in [2.05, 4.69) is 4.74 Å². The summed E-state index contributed by atoms with van der Waals surface area (Å²) in [6.45, 7) is -0.439. The van der Waals surface area contributed by atoms with Crippen LogP contribution >= 0.6 is 0 Å². The largest absolute Gasteiger partial charge is 0.480 e. The Labute approximate surface area is 109 Å². The first-order valence-corrected chi connectivity index (χ1v) is 6.50. The summed E-state index contributed by atoms with van der Waals surface area (Å²) >= 11 is 0. The van der Waals surface area contributed by atoms with E-state index in [9.17, 15) is 23.1 Å². The van der Waals surface area contributed by atoms with Crippen molar-refractivity contribution in [2.75, 3.05) is 26.3 Å². The zero-order chi connectivity index (χ0) is 14.0. The van der Waals surface area contributed by atoms with E-state index in [0.717, 1.165) is 19.3 Å². The number of nitrogens with zero attached hydrogens (tertiary/aromatic N) is 1. The van der Waals surface area contributed by atoms with Gasteiger partial charge in [0, 0.05) is 13.1 Å². The van der Waals surface area contributed by atoms with E-state index in [1.165, 1.54) is 0 Å². The normalized spacial score (nSPS) is 31.6. The van der Waals surface area contributed by atoms with Gasteiger partial charge in [-0.15, -0.1) is 0 Å². The first-order valence-electron chi connectivity index (χ1n) is 6.50. The van der Waals surface area contributed by atoms with Crippen LogP contribution in [0.4, 0.5) is 13.2 Å². The van der Waals surface area contributed by atoms with Crippen molar-refractivity contribution in [2.24, 2.45) is 11.8 Å². The van der Waals surface area contributed by atoms with Gasteiger partial charge >= 0.3 is 12.1 Å². The summed E-state index contributed by atoms with van der Waals surface area (Å²) in [5.74, 6) is -0.339. The second-order valence-electron chi connectivity index (χ2n) is 5.30. The average molecular weight is 281 g/mol. The second-order valence-corrected chi connectivity index (χ2v) is 5.30. The van der Waals surface area contributed by atoms with Gasteiger partial charge in [0.05, 0.1) is 6.61 Å². The smallest absolute Gasteiger partial charge is 0.411 e. The number of halogens is 3. The molecule has 1 aliphatic heterocycles. The minimum atomic E-state index is -4.33. The molecule has 1 saturated heterocycles. The number of carboxylic acid groups (broad SMARTS) is 1. The summed E-state index contributed by atoms with van der Waals surface area (Å²) in [5.41, 5.74) is 0. The van der Waals surface area contributed by atoms with Crippen LogP contribution < -0.4 is 0 Å². The number of fused-ring (bicyclic) bond motifs is 1. The van der Waals surface area contributed by atoms with Crippen molar-refractivity contribution < 1.29 is 27.8 Å². The molecule has 3 atom stereocenters. The number of carbonyl (C=O) groups is 1. The van der Waals surface area contributed by atoms with Gasteiger partial charge in [-0.2, -0.15) is 13.2 Å². The number of likely N-dealkylation sites (tertiary alicyclic amines) is 1. The molecule has 3 unspecified atom stereocenters. The highest BCUT2D eigenvalue weighted by Crippen LogP contribution is 2.42. The highest BCUT2D eigenvalue weighted by Gasteiger charge is 2.47. The lowest BCUT2D eigenvalue weighted by molar-refractivity contribution is -0.175. The molecule has 7 heteroatoms. The predicted molar refractivity (Wildman–Crippen MR) is 60.7 cm³/mol. The van der Waals surface area contributed by atoms with E-state index >= 15 is 0 Å². The molecule has 0 spiro atoms. The Hall–Kier alpha value is -0.820. The maximum atomic E-state index is 11.9. The lowest BCUT2D eigenvalue weighted by atomic mass is 9.94. The van der Waals surface area contributed by atoms with Crippen LogP contribution in [0, 0.1) is 11.8 Å². The molecule has 0 aromatic carbocycles. The molecule has 0 amide bonds. The maximum absolute atomic E-state index is 11.9. The summed E-state index contributed by atoms with van der Waals surface area (Å²) < 4.78 is 40.3. The number of carboxylic acids is 1. The van der Waals surface area contributed by atoms with Crippen LogP contribution in [0.1, 0.15) is 19.3 Å². The van der Waals surface area contributed by atoms with Gasteiger partial charge in [0.1, 0.15) is 12.6 Å². The van der Waals surface area contributed by atoms with Crippen molar-refractivity contribution >= 4 is 5.97 Å². The van der Waals surface area contributed by atoms with Crippen LogP contribution in [-0.2, 0) is 9.53 Å². The molecule has 2 aliphatic rings. The third-order valence-electron chi connectivity index (χ3n) is 4.03. The molecule has 110 valence electrons. The van der Waals surface area contributed by atoms with E-state index in [1.54, 1.807) is 4.90 Å². The first-order chi connectivity index (χ1) is 8.88. The Morgan fingerprint density at radius 1 is 1.37 bits per heavy atom. The third-order valence-corrected chi connectivity index (χ3v) is 4.03. The van der Waals surface area contributed by atoms with Gasteiger partial charge in [0.25, 0.3) is 0 Å². The van der Waals surface area contributed by atoms with E-state index < -0.39 is 24.8 Å². The fourth-order valence-electron chi connectivity index (χ4n) is 3.33. The van der Waals surface area contributed by atoms with Crippen LogP contribution in [0.2, 0.25) is 0 Å². The van der Waals surface area contributed by atoms with Crippen LogP contribution in [0.15, 0.2) is 0 Å². The van der Waals surface area contributed by atoms with E-state index in [1.807, 2.05) is 0 Å². The molecule has 0 aromatic rings. The molecule has 0 bridgehead atoms.